The van der Waals surface area contributed by atoms with Gasteiger partial charge in [0.15, 0.2) is 0 Å². The number of anilines is 1. The van der Waals surface area contributed by atoms with Gasteiger partial charge in [0.25, 0.3) is 11.8 Å². The normalized spacial score (nSPS) is 15.4. The zero-order valence-corrected chi connectivity index (χ0v) is 15.5. The summed E-state index contributed by atoms with van der Waals surface area (Å²) < 4.78 is 5.46. The molecular weight excluding hydrogens is 356 g/mol. The third kappa shape index (κ3) is 3.64. The van der Waals surface area contributed by atoms with Crippen molar-refractivity contribution in [3.63, 3.8) is 0 Å². The molecule has 0 unspecified atom stereocenters. The molecule has 1 aliphatic rings. The Bertz CT molecular complexity index is 1050. The van der Waals surface area contributed by atoms with Gasteiger partial charge < -0.3 is 4.74 Å². The zero-order valence-electron chi connectivity index (χ0n) is 15.5. The minimum Gasteiger partial charge on any atom is -0.480 e. The number of urea groups is 1. The molecule has 0 saturated carbocycles. The van der Waals surface area contributed by atoms with Crippen LogP contribution in [-0.4, -0.2) is 24.5 Å². The summed E-state index contributed by atoms with van der Waals surface area (Å²) >= 11 is 0. The summed E-state index contributed by atoms with van der Waals surface area (Å²) in [5, 5.41) is 2.21. The van der Waals surface area contributed by atoms with Gasteiger partial charge in [0.1, 0.15) is 17.9 Å². The van der Waals surface area contributed by atoms with Crippen LogP contribution < -0.4 is 15.0 Å². The Morgan fingerprint density at radius 2 is 1.86 bits per heavy atom. The van der Waals surface area contributed by atoms with E-state index >= 15 is 0 Å². The van der Waals surface area contributed by atoms with Crippen LogP contribution in [-0.2, 0) is 9.59 Å². The molecule has 0 aliphatic carbocycles. The van der Waals surface area contributed by atoms with Crippen LogP contribution in [0.25, 0.3) is 6.08 Å². The van der Waals surface area contributed by atoms with Crippen molar-refractivity contribution in [3.8, 4) is 18.1 Å². The number of terminal acetylenes is 1. The number of nitrogens with one attached hydrogen (secondary N) is 1. The third-order valence-electron chi connectivity index (χ3n) is 4.38. The number of imide groups is 2. The average molecular weight is 374 g/mol. The molecule has 0 radical (unpaired) electrons. The number of aryl methyl sites for hydroxylation is 2. The first-order chi connectivity index (χ1) is 13.4. The molecule has 6 heteroatoms. The lowest BCUT2D eigenvalue weighted by atomic mass is 10.0. The van der Waals surface area contributed by atoms with Crippen molar-refractivity contribution in [1.82, 2.24) is 5.32 Å². The van der Waals surface area contributed by atoms with Crippen molar-refractivity contribution in [2.75, 3.05) is 11.5 Å². The van der Waals surface area contributed by atoms with Crippen LogP contribution >= 0.6 is 0 Å². The van der Waals surface area contributed by atoms with Crippen LogP contribution in [0.3, 0.4) is 0 Å². The summed E-state index contributed by atoms with van der Waals surface area (Å²) in [4.78, 5) is 38.6. The van der Waals surface area contributed by atoms with E-state index in [9.17, 15) is 14.4 Å². The number of benzene rings is 2. The minimum atomic E-state index is -0.785. The molecule has 4 amide bonds. The number of nitrogens with zero attached hydrogens (tertiary/aromatic N) is 1. The molecule has 28 heavy (non-hydrogen) atoms. The third-order valence-corrected chi connectivity index (χ3v) is 4.38. The Hall–Kier alpha value is -3.85. The number of ether oxygens (including phenoxy) is 1. The number of rotatable bonds is 4. The van der Waals surface area contributed by atoms with E-state index < -0.39 is 17.8 Å². The van der Waals surface area contributed by atoms with Crippen LogP contribution in [0.4, 0.5) is 10.5 Å². The van der Waals surface area contributed by atoms with E-state index in [0.29, 0.717) is 17.0 Å². The Kier molecular flexibility index (Phi) is 5.28. The molecule has 1 heterocycles. The highest BCUT2D eigenvalue weighted by Crippen LogP contribution is 2.26. The quantitative estimate of drug-likeness (QED) is 0.507. The second-order valence-corrected chi connectivity index (χ2v) is 6.26. The molecule has 2 aromatic carbocycles. The smallest absolute Gasteiger partial charge is 0.335 e. The van der Waals surface area contributed by atoms with Gasteiger partial charge in [0, 0.05) is 5.56 Å². The highest BCUT2D eigenvalue weighted by Gasteiger charge is 2.37. The summed E-state index contributed by atoms with van der Waals surface area (Å²) in [5.74, 6) is 1.33. The first-order valence-corrected chi connectivity index (χ1v) is 8.56. The zero-order chi connectivity index (χ0) is 20.3. The van der Waals surface area contributed by atoms with Gasteiger partial charge >= 0.3 is 6.03 Å². The Morgan fingerprint density at radius 3 is 2.57 bits per heavy atom. The summed E-state index contributed by atoms with van der Waals surface area (Å²) in [7, 11) is 0. The maximum absolute atomic E-state index is 13.0. The van der Waals surface area contributed by atoms with Crippen molar-refractivity contribution >= 4 is 29.6 Å². The van der Waals surface area contributed by atoms with E-state index in [1.54, 1.807) is 36.4 Å². The fraction of sp³-hybridized carbons (Fsp3) is 0.136. The molecular formula is C22H18N2O4. The SMILES string of the molecule is C#CCOc1ccccc1/C=C1\C(=O)NC(=O)N(c2ccc(C)c(C)c2)C1=O. The lowest BCUT2D eigenvalue weighted by Gasteiger charge is -2.27. The minimum absolute atomic E-state index is 0.0492. The number of amides is 4. The largest absolute Gasteiger partial charge is 0.480 e. The predicted octanol–water partition coefficient (Wildman–Crippen LogP) is 2.98. The predicted molar refractivity (Wildman–Crippen MR) is 106 cm³/mol. The van der Waals surface area contributed by atoms with E-state index in [-0.39, 0.29) is 12.2 Å². The molecule has 1 fully saturated rings. The van der Waals surface area contributed by atoms with E-state index in [2.05, 4.69) is 11.2 Å². The van der Waals surface area contributed by atoms with Crippen molar-refractivity contribution in [2.45, 2.75) is 13.8 Å². The van der Waals surface area contributed by atoms with Gasteiger partial charge in [-0.3, -0.25) is 14.9 Å². The van der Waals surface area contributed by atoms with Crippen molar-refractivity contribution in [3.05, 3.63) is 64.7 Å². The number of para-hydroxylation sites is 1. The van der Waals surface area contributed by atoms with E-state index in [1.807, 2.05) is 19.9 Å². The fourth-order valence-corrected chi connectivity index (χ4v) is 2.76. The lowest BCUT2D eigenvalue weighted by molar-refractivity contribution is -0.122. The van der Waals surface area contributed by atoms with Crippen LogP contribution in [0.5, 0.6) is 5.75 Å². The molecule has 140 valence electrons. The van der Waals surface area contributed by atoms with Gasteiger partial charge in [-0.25, -0.2) is 9.69 Å². The monoisotopic (exact) mass is 374 g/mol. The first kappa shape index (κ1) is 18.9. The first-order valence-electron chi connectivity index (χ1n) is 8.56. The average Bonchev–Trinajstić information content (AvgIpc) is 2.67. The summed E-state index contributed by atoms with van der Waals surface area (Å²) in [6.45, 7) is 3.86. The standard InChI is InChI=1S/C22H18N2O4/c1-4-11-28-19-8-6-5-7-16(19)13-18-20(25)23-22(27)24(21(18)26)17-10-9-14(2)15(3)12-17/h1,5-10,12-13H,11H2,2-3H3,(H,23,25,27)/b18-13+. The van der Waals surface area contributed by atoms with Gasteiger partial charge in [0.2, 0.25) is 0 Å². The van der Waals surface area contributed by atoms with E-state index in [0.717, 1.165) is 16.0 Å². The molecule has 0 aromatic heterocycles. The number of barbiturate groups is 1. The van der Waals surface area contributed by atoms with Crippen molar-refractivity contribution in [2.24, 2.45) is 0 Å². The number of hydrogen-bond donors (Lipinski definition) is 1. The molecule has 1 saturated heterocycles. The van der Waals surface area contributed by atoms with Gasteiger partial charge in [-0.2, -0.15) is 0 Å². The summed E-state index contributed by atoms with van der Waals surface area (Å²) in [6, 6.07) is 11.3. The lowest BCUT2D eigenvalue weighted by Crippen LogP contribution is -2.54. The van der Waals surface area contributed by atoms with Gasteiger partial charge in [-0.15, -0.1) is 6.42 Å². The van der Waals surface area contributed by atoms with Crippen LogP contribution in [0, 0.1) is 26.2 Å². The molecule has 3 rings (SSSR count). The molecule has 1 N–H and O–H groups in total. The van der Waals surface area contributed by atoms with Crippen molar-refractivity contribution < 1.29 is 19.1 Å². The Morgan fingerprint density at radius 1 is 1.11 bits per heavy atom. The van der Waals surface area contributed by atoms with Gasteiger partial charge in [0.05, 0.1) is 5.69 Å². The summed E-state index contributed by atoms with van der Waals surface area (Å²) in [5.41, 5.74) is 2.68. The molecule has 2 aromatic rings. The highest BCUT2D eigenvalue weighted by molar-refractivity contribution is 6.39. The topological polar surface area (TPSA) is 75.7 Å². The molecule has 6 nitrogen and oxygen atoms in total. The van der Waals surface area contributed by atoms with Gasteiger partial charge in [-0.05, 0) is 49.2 Å². The molecule has 0 atom stereocenters. The van der Waals surface area contributed by atoms with Gasteiger partial charge in [-0.1, -0.05) is 30.2 Å². The highest BCUT2D eigenvalue weighted by atomic mass is 16.5. The second kappa shape index (κ2) is 7.80. The second-order valence-electron chi connectivity index (χ2n) is 6.26. The summed E-state index contributed by atoms with van der Waals surface area (Å²) in [6.07, 6.45) is 6.62. The Labute approximate surface area is 162 Å². The fourth-order valence-electron chi connectivity index (χ4n) is 2.76. The maximum Gasteiger partial charge on any atom is 0.335 e. The number of carbonyl (C=O) groups excluding carboxylic acids is 3. The molecule has 0 bridgehead atoms. The van der Waals surface area contributed by atoms with Crippen LogP contribution in [0.1, 0.15) is 16.7 Å². The van der Waals surface area contributed by atoms with E-state index in [4.69, 9.17) is 11.2 Å². The molecule has 1 aliphatic heterocycles. The van der Waals surface area contributed by atoms with Crippen molar-refractivity contribution in [1.29, 1.82) is 0 Å². The number of hydrogen-bond acceptors (Lipinski definition) is 4. The molecule has 0 spiro atoms. The maximum atomic E-state index is 13.0. The van der Waals surface area contributed by atoms with Crippen LogP contribution in [0.2, 0.25) is 0 Å². The number of carbonyl (C=O) groups is 3. The van der Waals surface area contributed by atoms with Crippen LogP contribution in [0.15, 0.2) is 48.0 Å². The van der Waals surface area contributed by atoms with E-state index in [1.165, 1.54) is 6.08 Å². The Balaban J connectivity index is 2.02.